The highest BCUT2D eigenvalue weighted by Gasteiger charge is 2.21. The van der Waals surface area contributed by atoms with Crippen molar-refractivity contribution in [2.45, 2.75) is 17.7 Å². The van der Waals surface area contributed by atoms with Crippen molar-refractivity contribution in [2.24, 2.45) is 5.92 Å². The number of nitrogens with one attached hydrogen (secondary N) is 2. The van der Waals surface area contributed by atoms with E-state index in [2.05, 4.69) is 10.0 Å². The standard InChI is InChI=1S/C12H16ClN3O4S.ClH/c13-11-7-10(16(17)18)1-2-12(11)21(19,20)15-6-4-9-3-5-14-8-9;/h1-2,7,9,14-15H,3-6,8H2;1H. The van der Waals surface area contributed by atoms with Crippen molar-refractivity contribution in [3.63, 3.8) is 0 Å². The molecule has 0 bridgehead atoms. The second-order valence-electron chi connectivity index (χ2n) is 4.92. The first-order valence-corrected chi connectivity index (χ1v) is 8.40. The minimum Gasteiger partial charge on any atom is -0.316 e. The predicted molar refractivity (Wildman–Crippen MR) is 86.1 cm³/mol. The molecule has 124 valence electrons. The van der Waals surface area contributed by atoms with Gasteiger partial charge in [0.25, 0.3) is 5.69 Å². The van der Waals surface area contributed by atoms with Gasteiger partial charge in [-0.3, -0.25) is 10.1 Å². The Morgan fingerprint density at radius 2 is 2.18 bits per heavy atom. The number of halogens is 2. The lowest BCUT2D eigenvalue weighted by atomic mass is 10.1. The molecular formula is C12H17Cl2N3O4S. The zero-order valence-electron chi connectivity index (χ0n) is 11.6. The molecular weight excluding hydrogens is 353 g/mol. The van der Waals surface area contributed by atoms with Crippen LogP contribution in [0.3, 0.4) is 0 Å². The molecule has 1 aliphatic rings. The molecule has 2 rings (SSSR count). The Morgan fingerprint density at radius 3 is 2.73 bits per heavy atom. The summed E-state index contributed by atoms with van der Waals surface area (Å²) >= 11 is 5.83. The zero-order valence-corrected chi connectivity index (χ0v) is 14.0. The number of non-ortho nitro benzene ring substituents is 1. The minimum atomic E-state index is -3.75. The van der Waals surface area contributed by atoms with E-state index in [4.69, 9.17) is 11.6 Å². The van der Waals surface area contributed by atoms with Gasteiger partial charge in [-0.05, 0) is 37.9 Å². The molecule has 1 heterocycles. The van der Waals surface area contributed by atoms with Crippen molar-refractivity contribution < 1.29 is 13.3 Å². The Kier molecular flexibility index (Phi) is 7.01. The monoisotopic (exact) mass is 369 g/mol. The van der Waals surface area contributed by atoms with Crippen molar-refractivity contribution >= 4 is 39.7 Å². The van der Waals surface area contributed by atoms with E-state index in [1.54, 1.807) is 0 Å². The summed E-state index contributed by atoms with van der Waals surface area (Å²) in [5.41, 5.74) is -0.240. The molecule has 1 fully saturated rings. The normalized spacial score (nSPS) is 18.0. The highest BCUT2D eigenvalue weighted by atomic mass is 35.5. The molecule has 0 radical (unpaired) electrons. The van der Waals surface area contributed by atoms with Gasteiger partial charge < -0.3 is 5.32 Å². The van der Waals surface area contributed by atoms with E-state index in [0.29, 0.717) is 12.5 Å². The maximum absolute atomic E-state index is 12.1. The topological polar surface area (TPSA) is 101 Å². The third kappa shape index (κ3) is 4.79. The van der Waals surface area contributed by atoms with Gasteiger partial charge in [0.1, 0.15) is 4.90 Å². The molecule has 1 atom stereocenters. The van der Waals surface area contributed by atoms with Crippen LogP contribution < -0.4 is 10.0 Å². The van der Waals surface area contributed by atoms with Gasteiger partial charge in [-0.2, -0.15) is 0 Å². The van der Waals surface area contributed by atoms with E-state index in [9.17, 15) is 18.5 Å². The number of nitro benzene ring substituents is 1. The predicted octanol–water partition coefficient (Wildman–Crippen LogP) is 1.95. The van der Waals surface area contributed by atoms with Gasteiger partial charge in [0.05, 0.1) is 9.95 Å². The maximum Gasteiger partial charge on any atom is 0.271 e. The Hall–Kier alpha value is -0.930. The number of nitro groups is 1. The second kappa shape index (κ2) is 8.07. The van der Waals surface area contributed by atoms with E-state index < -0.39 is 14.9 Å². The first-order chi connectivity index (χ1) is 9.90. The summed E-state index contributed by atoms with van der Waals surface area (Å²) in [6, 6.07) is 3.32. The van der Waals surface area contributed by atoms with E-state index >= 15 is 0 Å². The summed E-state index contributed by atoms with van der Waals surface area (Å²) in [5, 5.41) is 13.7. The molecule has 1 aromatic carbocycles. The molecule has 1 aliphatic heterocycles. The molecule has 1 saturated heterocycles. The summed E-state index contributed by atoms with van der Waals surface area (Å²) < 4.78 is 26.7. The fourth-order valence-electron chi connectivity index (χ4n) is 2.26. The molecule has 0 amide bonds. The minimum absolute atomic E-state index is 0. The first-order valence-electron chi connectivity index (χ1n) is 6.54. The molecule has 7 nitrogen and oxygen atoms in total. The first kappa shape index (κ1) is 19.1. The molecule has 22 heavy (non-hydrogen) atoms. The number of rotatable bonds is 6. The lowest BCUT2D eigenvalue weighted by Gasteiger charge is -2.11. The maximum atomic E-state index is 12.1. The van der Waals surface area contributed by atoms with Crippen LogP contribution in [-0.4, -0.2) is 33.0 Å². The Bertz CT molecular complexity index is 633. The zero-order chi connectivity index (χ0) is 15.5. The van der Waals surface area contributed by atoms with Crippen molar-refractivity contribution in [2.75, 3.05) is 19.6 Å². The van der Waals surface area contributed by atoms with Crippen molar-refractivity contribution in [3.05, 3.63) is 33.3 Å². The van der Waals surface area contributed by atoms with Crippen LogP contribution >= 0.6 is 24.0 Å². The van der Waals surface area contributed by atoms with Gasteiger partial charge in [-0.15, -0.1) is 12.4 Å². The van der Waals surface area contributed by atoms with Crippen LogP contribution in [0.25, 0.3) is 0 Å². The third-order valence-electron chi connectivity index (χ3n) is 3.42. The largest absolute Gasteiger partial charge is 0.316 e. The highest BCUT2D eigenvalue weighted by molar-refractivity contribution is 7.89. The van der Waals surface area contributed by atoms with Crippen LogP contribution in [0.5, 0.6) is 0 Å². The number of nitrogens with zero attached hydrogens (tertiary/aromatic N) is 1. The molecule has 10 heteroatoms. The summed E-state index contributed by atoms with van der Waals surface area (Å²) in [6.45, 7) is 2.19. The molecule has 0 aromatic heterocycles. The van der Waals surface area contributed by atoms with Gasteiger partial charge in [-0.1, -0.05) is 11.6 Å². The van der Waals surface area contributed by atoms with Crippen LogP contribution in [0.15, 0.2) is 23.1 Å². The molecule has 0 spiro atoms. The Balaban J connectivity index is 0.00000242. The van der Waals surface area contributed by atoms with Crippen LogP contribution in [0, 0.1) is 16.0 Å². The Morgan fingerprint density at radius 1 is 1.45 bits per heavy atom. The average Bonchev–Trinajstić information content (AvgIpc) is 2.91. The third-order valence-corrected chi connectivity index (χ3v) is 5.37. The Labute approximate surface area is 140 Å². The fourth-order valence-corrected chi connectivity index (χ4v) is 3.84. The van der Waals surface area contributed by atoms with Gasteiger partial charge in [0.2, 0.25) is 10.0 Å². The van der Waals surface area contributed by atoms with Crippen LogP contribution in [-0.2, 0) is 10.0 Å². The molecule has 0 saturated carbocycles. The average molecular weight is 370 g/mol. The number of benzene rings is 1. The van der Waals surface area contributed by atoms with Crippen LogP contribution in [0.1, 0.15) is 12.8 Å². The second-order valence-corrected chi connectivity index (χ2v) is 7.06. The van der Waals surface area contributed by atoms with Crippen LogP contribution in [0.2, 0.25) is 5.02 Å². The summed E-state index contributed by atoms with van der Waals surface area (Å²) in [6.07, 6.45) is 1.79. The van der Waals surface area contributed by atoms with Crippen molar-refractivity contribution in [1.29, 1.82) is 0 Å². The highest BCUT2D eigenvalue weighted by Crippen LogP contribution is 2.26. The molecule has 2 N–H and O–H groups in total. The summed E-state index contributed by atoms with van der Waals surface area (Å²) in [5.74, 6) is 0.472. The molecule has 0 aliphatic carbocycles. The smallest absolute Gasteiger partial charge is 0.271 e. The summed E-state index contributed by atoms with van der Waals surface area (Å²) in [7, 11) is -3.75. The molecule has 1 unspecified atom stereocenters. The number of hydrogen-bond acceptors (Lipinski definition) is 5. The van der Waals surface area contributed by atoms with Crippen molar-refractivity contribution in [1.82, 2.24) is 10.0 Å². The SMILES string of the molecule is Cl.O=[N+]([O-])c1ccc(S(=O)(=O)NCCC2CCNC2)c(Cl)c1. The van der Waals surface area contributed by atoms with E-state index in [-0.39, 0.29) is 28.0 Å². The summed E-state index contributed by atoms with van der Waals surface area (Å²) in [4.78, 5) is 9.85. The van der Waals surface area contributed by atoms with Gasteiger partial charge >= 0.3 is 0 Å². The molecule has 1 aromatic rings. The van der Waals surface area contributed by atoms with Gasteiger partial charge in [-0.25, -0.2) is 13.1 Å². The quantitative estimate of drug-likeness (QED) is 0.589. The van der Waals surface area contributed by atoms with Gasteiger partial charge in [0.15, 0.2) is 0 Å². The van der Waals surface area contributed by atoms with Gasteiger partial charge in [0, 0.05) is 18.7 Å². The lowest BCUT2D eigenvalue weighted by molar-refractivity contribution is -0.384. The van der Waals surface area contributed by atoms with E-state index in [1.807, 2.05) is 0 Å². The number of hydrogen-bond donors (Lipinski definition) is 2. The van der Waals surface area contributed by atoms with Crippen molar-refractivity contribution in [3.8, 4) is 0 Å². The van der Waals surface area contributed by atoms with E-state index in [1.165, 1.54) is 0 Å². The number of sulfonamides is 1. The lowest BCUT2D eigenvalue weighted by Crippen LogP contribution is -2.27. The van der Waals surface area contributed by atoms with Crippen LogP contribution in [0.4, 0.5) is 5.69 Å². The van der Waals surface area contributed by atoms with E-state index in [0.717, 1.165) is 44.1 Å². The fraction of sp³-hybridized carbons (Fsp3) is 0.500.